The van der Waals surface area contributed by atoms with E-state index in [1.165, 1.54) is 13.1 Å². The highest BCUT2D eigenvalue weighted by Crippen LogP contribution is 2.22. The minimum Gasteiger partial charge on any atom is -0.497 e. The van der Waals surface area contributed by atoms with Crippen molar-refractivity contribution >= 4 is 11.5 Å². The first-order valence-electron chi connectivity index (χ1n) is 5.71. The molecular weight excluding hydrogens is 246 g/mol. The predicted octanol–water partition coefficient (Wildman–Crippen LogP) is 0.850. The topological polar surface area (TPSA) is 67.3 Å². The third-order valence-electron chi connectivity index (χ3n) is 2.95. The van der Waals surface area contributed by atoms with E-state index in [1.807, 2.05) is 24.3 Å². The van der Waals surface area contributed by atoms with E-state index in [2.05, 4.69) is 4.98 Å². The number of aromatic nitrogens is 2. The molecule has 0 radical (unpaired) electrons. The van der Waals surface area contributed by atoms with Gasteiger partial charge < -0.3 is 9.64 Å². The van der Waals surface area contributed by atoms with Gasteiger partial charge in [0.25, 0.3) is 5.56 Å². The Bertz CT molecular complexity index is 654. The quantitative estimate of drug-likeness (QED) is 0.889. The zero-order valence-corrected chi connectivity index (χ0v) is 11.0. The van der Waals surface area contributed by atoms with Gasteiger partial charge in [-0.05, 0) is 24.3 Å². The van der Waals surface area contributed by atoms with Gasteiger partial charge in [0.05, 0.1) is 7.11 Å². The molecule has 0 amide bonds. The van der Waals surface area contributed by atoms with Crippen LogP contribution in [0.3, 0.4) is 0 Å². The van der Waals surface area contributed by atoms with E-state index in [9.17, 15) is 9.59 Å². The molecule has 0 atom stereocenters. The predicted molar refractivity (Wildman–Crippen MR) is 73.4 cm³/mol. The third-order valence-corrected chi connectivity index (χ3v) is 2.95. The summed E-state index contributed by atoms with van der Waals surface area (Å²) in [6.07, 6.45) is 0. The Kier molecular flexibility index (Phi) is 3.41. The van der Waals surface area contributed by atoms with Crippen molar-refractivity contribution in [3.63, 3.8) is 0 Å². The number of aromatic amines is 1. The van der Waals surface area contributed by atoms with E-state index in [0.29, 0.717) is 5.82 Å². The van der Waals surface area contributed by atoms with Gasteiger partial charge in [-0.25, -0.2) is 4.79 Å². The summed E-state index contributed by atoms with van der Waals surface area (Å²) < 4.78 is 6.10. The Morgan fingerprint density at radius 3 is 2.37 bits per heavy atom. The van der Waals surface area contributed by atoms with Crippen molar-refractivity contribution in [2.45, 2.75) is 0 Å². The average Bonchev–Trinajstić information content (AvgIpc) is 2.43. The second-order valence-electron chi connectivity index (χ2n) is 4.11. The van der Waals surface area contributed by atoms with Crippen LogP contribution < -0.4 is 20.9 Å². The summed E-state index contributed by atoms with van der Waals surface area (Å²) in [6.45, 7) is 0. The lowest BCUT2D eigenvalue weighted by atomic mass is 10.3. The van der Waals surface area contributed by atoms with Crippen molar-refractivity contribution in [1.82, 2.24) is 9.55 Å². The van der Waals surface area contributed by atoms with E-state index >= 15 is 0 Å². The molecule has 6 heteroatoms. The molecular formula is C13H15N3O3. The fourth-order valence-electron chi connectivity index (χ4n) is 1.67. The highest BCUT2D eigenvalue weighted by molar-refractivity contribution is 5.59. The van der Waals surface area contributed by atoms with Crippen LogP contribution in [-0.4, -0.2) is 23.7 Å². The average molecular weight is 261 g/mol. The summed E-state index contributed by atoms with van der Waals surface area (Å²) in [4.78, 5) is 27.5. The summed E-state index contributed by atoms with van der Waals surface area (Å²) in [5.41, 5.74) is 0.0478. The molecule has 0 unspecified atom stereocenters. The normalized spacial score (nSPS) is 10.3. The molecule has 0 fully saturated rings. The van der Waals surface area contributed by atoms with Crippen molar-refractivity contribution in [3.05, 3.63) is 51.2 Å². The fraction of sp³-hybridized carbons (Fsp3) is 0.231. The van der Waals surface area contributed by atoms with Gasteiger partial charge in [-0.15, -0.1) is 0 Å². The summed E-state index contributed by atoms with van der Waals surface area (Å²) >= 11 is 0. The lowest BCUT2D eigenvalue weighted by molar-refractivity contribution is 0.415. The smallest absolute Gasteiger partial charge is 0.329 e. The maximum atomic E-state index is 11.6. The standard InChI is InChI=1S/C13H15N3O3/c1-15(9-4-6-10(19-3)7-5-9)11-8-12(17)16(2)13(18)14-11/h4-8H,1-3H3,(H,14,18). The third kappa shape index (κ3) is 2.52. The van der Waals surface area contributed by atoms with Crippen LogP contribution >= 0.6 is 0 Å². The number of nitrogens with one attached hydrogen (secondary N) is 1. The highest BCUT2D eigenvalue weighted by atomic mass is 16.5. The summed E-state index contributed by atoms with van der Waals surface area (Å²) in [6, 6.07) is 8.69. The molecule has 19 heavy (non-hydrogen) atoms. The van der Waals surface area contributed by atoms with Crippen molar-refractivity contribution in [2.24, 2.45) is 7.05 Å². The second-order valence-corrected chi connectivity index (χ2v) is 4.11. The zero-order chi connectivity index (χ0) is 14.0. The number of hydrogen-bond acceptors (Lipinski definition) is 4. The largest absolute Gasteiger partial charge is 0.497 e. The van der Waals surface area contributed by atoms with Gasteiger partial charge >= 0.3 is 5.69 Å². The van der Waals surface area contributed by atoms with Gasteiger partial charge in [0.15, 0.2) is 0 Å². The minimum absolute atomic E-state index is 0.348. The van der Waals surface area contributed by atoms with Gasteiger partial charge in [0.1, 0.15) is 11.6 Å². The number of ether oxygens (including phenoxy) is 1. The minimum atomic E-state index is -0.442. The molecule has 0 aliphatic rings. The van der Waals surface area contributed by atoms with Crippen LogP contribution in [-0.2, 0) is 7.05 Å². The summed E-state index contributed by atoms with van der Waals surface area (Å²) in [5, 5.41) is 0. The molecule has 0 aliphatic carbocycles. The molecule has 0 spiro atoms. The molecule has 2 aromatic rings. The van der Waals surface area contributed by atoms with E-state index in [-0.39, 0.29) is 5.56 Å². The molecule has 0 saturated heterocycles. The Morgan fingerprint density at radius 2 is 1.84 bits per heavy atom. The maximum Gasteiger partial charge on any atom is 0.329 e. The van der Waals surface area contributed by atoms with Crippen LogP contribution in [0.5, 0.6) is 5.75 Å². The van der Waals surface area contributed by atoms with Crippen LogP contribution in [0.25, 0.3) is 0 Å². The van der Waals surface area contributed by atoms with Gasteiger partial charge in [-0.2, -0.15) is 0 Å². The highest BCUT2D eigenvalue weighted by Gasteiger charge is 2.07. The number of nitrogens with zero attached hydrogens (tertiary/aromatic N) is 2. The summed E-state index contributed by atoms with van der Waals surface area (Å²) in [7, 11) is 4.79. The van der Waals surface area contributed by atoms with Gasteiger partial charge in [0, 0.05) is 25.8 Å². The first-order valence-corrected chi connectivity index (χ1v) is 5.71. The molecule has 2 rings (SSSR count). The Morgan fingerprint density at radius 1 is 1.21 bits per heavy atom. The lowest BCUT2D eigenvalue weighted by Gasteiger charge is -2.19. The molecule has 1 aromatic heterocycles. The second kappa shape index (κ2) is 5.01. The first-order chi connectivity index (χ1) is 9.02. The van der Waals surface area contributed by atoms with Crippen molar-refractivity contribution in [3.8, 4) is 5.75 Å². The Balaban J connectivity index is 2.40. The lowest BCUT2D eigenvalue weighted by Crippen LogP contribution is -2.33. The van der Waals surface area contributed by atoms with Crippen LogP contribution in [0.1, 0.15) is 0 Å². The van der Waals surface area contributed by atoms with Crippen molar-refractivity contribution in [1.29, 1.82) is 0 Å². The number of H-pyrrole nitrogens is 1. The van der Waals surface area contributed by atoms with Crippen LogP contribution in [0, 0.1) is 0 Å². The van der Waals surface area contributed by atoms with Crippen LogP contribution in [0.4, 0.5) is 11.5 Å². The molecule has 6 nitrogen and oxygen atoms in total. The number of anilines is 2. The number of rotatable bonds is 3. The zero-order valence-electron chi connectivity index (χ0n) is 11.0. The molecule has 0 aliphatic heterocycles. The van der Waals surface area contributed by atoms with E-state index < -0.39 is 5.69 Å². The Labute approximate surface area is 109 Å². The SMILES string of the molecule is COc1ccc(N(C)c2cc(=O)n(C)c(=O)[nH]2)cc1. The van der Waals surface area contributed by atoms with E-state index in [4.69, 9.17) is 4.74 Å². The van der Waals surface area contributed by atoms with Gasteiger partial charge in [-0.3, -0.25) is 14.3 Å². The fourth-order valence-corrected chi connectivity index (χ4v) is 1.67. The maximum absolute atomic E-state index is 11.6. The van der Waals surface area contributed by atoms with Crippen molar-refractivity contribution < 1.29 is 4.74 Å². The number of hydrogen-bond donors (Lipinski definition) is 1. The van der Waals surface area contributed by atoms with Gasteiger partial charge in [-0.1, -0.05) is 0 Å². The molecule has 1 aromatic carbocycles. The first kappa shape index (κ1) is 12.9. The van der Waals surface area contributed by atoms with Crippen molar-refractivity contribution in [2.75, 3.05) is 19.1 Å². The molecule has 0 bridgehead atoms. The van der Waals surface area contributed by atoms with E-state index in [1.54, 1.807) is 19.1 Å². The molecule has 100 valence electrons. The van der Waals surface area contributed by atoms with Crippen LogP contribution in [0.2, 0.25) is 0 Å². The monoisotopic (exact) mass is 261 g/mol. The number of methoxy groups -OCH3 is 1. The van der Waals surface area contributed by atoms with E-state index in [0.717, 1.165) is 16.0 Å². The van der Waals surface area contributed by atoms with Gasteiger partial charge in [0.2, 0.25) is 0 Å². The molecule has 1 N–H and O–H groups in total. The molecule has 0 saturated carbocycles. The molecule has 1 heterocycles. The number of benzene rings is 1. The van der Waals surface area contributed by atoms with Crippen LogP contribution in [0.15, 0.2) is 39.9 Å². The summed E-state index contributed by atoms with van der Waals surface area (Å²) in [5.74, 6) is 1.19. The Hall–Kier alpha value is -2.50.